The first-order chi connectivity index (χ1) is 6.60. The van der Waals surface area contributed by atoms with Gasteiger partial charge in [-0.05, 0) is 6.07 Å². The molecule has 0 spiro atoms. The molecule has 0 radical (unpaired) electrons. The Hall–Kier alpha value is -0.940. The number of ether oxygens (including phenoxy) is 1. The lowest BCUT2D eigenvalue weighted by Gasteiger charge is -2.10. The first kappa shape index (κ1) is 11.1. The summed E-state index contributed by atoms with van der Waals surface area (Å²) < 4.78 is 29.7. The smallest absolute Gasteiger partial charge is 0.284 e. The number of nitrogens with zero attached hydrogens (tertiary/aromatic N) is 1. The van der Waals surface area contributed by atoms with Crippen molar-refractivity contribution in [1.29, 1.82) is 0 Å². The van der Waals surface area contributed by atoms with E-state index in [1.54, 1.807) is 0 Å². The fourth-order valence-corrected chi connectivity index (χ4v) is 1.33. The minimum atomic E-state index is -2.73. The summed E-state index contributed by atoms with van der Waals surface area (Å²) in [5.41, 5.74) is 5.11. The summed E-state index contributed by atoms with van der Waals surface area (Å²) in [5, 5.41) is 0.0956. The molecule has 2 N–H and O–H groups in total. The molecule has 3 nitrogen and oxygen atoms in total. The number of rotatable bonds is 3. The molecule has 0 atom stereocenters. The van der Waals surface area contributed by atoms with E-state index < -0.39 is 12.1 Å². The summed E-state index contributed by atoms with van der Waals surface area (Å²) in [5.74, 6) is -0.0983. The Bertz CT molecular complexity index is 333. The van der Waals surface area contributed by atoms with Crippen molar-refractivity contribution >= 4 is 11.6 Å². The fraction of sp³-hybridized carbons (Fsp3) is 0.375. The van der Waals surface area contributed by atoms with Crippen molar-refractivity contribution in [2.24, 2.45) is 5.73 Å². The zero-order valence-corrected chi connectivity index (χ0v) is 8.18. The Labute approximate surface area is 84.8 Å². The molecule has 0 bridgehead atoms. The maximum atomic E-state index is 12.5. The highest BCUT2D eigenvalue weighted by atomic mass is 35.5. The van der Waals surface area contributed by atoms with Crippen LogP contribution in [0.1, 0.15) is 17.8 Å². The molecule has 0 aliphatic heterocycles. The molecule has 0 aliphatic carbocycles. The second-order valence-corrected chi connectivity index (χ2v) is 2.93. The quantitative estimate of drug-likeness (QED) is 0.853. The minimum Gasteiger partial charge on any atom is -0.493 e. The van der Waals surface area contributed by atoms with E-state index in [0.717, 1.165) is 0 Å². The van der Waals surface area contributed by atoms with E-state index in [0.29, 0.717) is 5.69 Å². The normalized spacial score (nSPS) is 10.7. The average molecular weight is 223 g/mol. The van der Waals surface area contributed by atoms with Crippen molar-refractivity contribution in [2.75, 3.05) is 7.11 Å². The van der Waals surface area contributed by atoms with Gasteiger partial charge in [0.25, 0.3) is 6.43 Å². The number of aromatic nitrogens is 1. The summed E-state index contributed by atoms with van der Waals surface area (Å²) in [6.45, 7) is 0.0590. The van der Waals surface area contributed by atoms with E-state index in [1.165, 1.54) is 13.2 Å². The molecule has 1 rings (SSSR count). The van der Waals surface area contributed by atoms with Gasteiger partial charge in [0.1, 0.15) is 5.69 Å². The predicted octanol–water partition coefficient (Wildman–Crippen LogP) is 2.14. The lowest BCUT2D eigenvalue weighted by atomic mass is 10.2. The highest BCUT2D eigenvalue weighted by Gasteiger charge is 2.19. The second-order valence-electron chi connectivity index (χ2n) is 2.52. The summed E-state index contributed by atoms with van der Waals surface area (Å²) in [7, 11) is 1.26. The van der Waals surface area contributed by atoms with Crippen LogP contribution in [-0.4, -0.2) is 12.1 Å². The van der Waals surface area contributed by atoms with Crippen LogP contribution in [0.15, 0.2) is 6.07 Å². The van der Waals surface area contributed by atoms with Gasteiger partial charge in [0.05, 0.1) is 17.8 Å². The highest BCUT2D eigenvalue weighted by molar-refractivity contribution is 6.32. The van der Waals surface area contributed by atoms with Gasteiger partial charge in [-0.3, -0.25) is 0 Å². The van der Waals surface area contributed by atoms with E-state index in [4.69, 9.17) is 22.1 Å². The minimum absolute atomic E-state index is 0.0590. The predicted molar refractivity (Wildman–Crippen MR) is 48.6 cm³/mol. The van der Waals surface area contributed by atoms with Crippen molar-refractivity contribution in [2.45, 2.75) is 13.0 Å². The lowest BCUT2D eigenvalue weighted by molar-refractivity contribution is 0.141. The van der Waals surface area contributed by atoms with Crippen LogP contribution in [0, 0.1) is 0 Å². The van der Waals surface area contributed by atoms with Crippen molar-refractivity contribution < 1.29 is 13.5 Å². The number of methoxy groups -OCH3 is 1. The van der Waals surface area contributed by atoms with Crippen LogP contribution in [0.25, 0.3) is 0 Å². The maximum Gasteiger partial charge on any atom is 0.284 e. The highest BCUT2D eigenvalue weighted by Crippen LogP contribution is 2.33. The lowest BCUT2D eigenvalue weighted by Crippen LogP contribution is -2.05. The maximum absolute atomic E-state index is 12.5. The number of alkyl halides is 2. The van der Waals surface area contributed by atoms with Gasteiger partial charge in [0.15, 0.2) is 5.75 Å². The first-order valence-electron chi connectivity index (χ1n) is 3.81. The summed E-state index contributed by atoms with van der Waals surface area (Å²) in [6, 6.07) is 1.41. The van der Waals surface area contributed by atoms with E-state index in [-0.39, 0.29) is 17.3 Å². The number of halogens is 3. The van der Waals surface area contributed by atoms with Gasteiger partial charge >= 0.3 is 0 Å². The first-order valence-corrected chi connectivity index (χ1v) is 4.19. The molecule has 1 aromatic heterocycles. The third-order valence-corrected chi connectivity index (χ3v) is 1.91. The van der Waals surface area contributed by atoms with Crippen LogP contribution in [0.5, 0.6) is 5.75 Å². The van der Waals surface area contributed by atoms with Crippen LogP contribution >= 0.6 is 11.6 Å². The monoisotopic (exact) mass is 222 g/mol. The fourth-order valence-electron chi connectivity index (χ4n) is 1.03. The molecule has 0 saturated heterocycles. The van der Waals surface area contributed by atoms with E-state index in [9.17, 15) is 8.78 Å². The molecule has 0 fully saturated rings. The molecular formula is C8H9ClF2N2O. The van der Waals surface area contributed by atoms with Crippen molar-refractivity contribution in [3.8, 4) is 5.75 Å². The third-order valence-electron chi connectivity index (χ3n) is 1.63. The Balaban J connectivity index is 3.28. The molecule has 14 heavy (non-hydrogen) atoms. The van der Waals surface area contributed by atoms with Gasteiger partial charge in [0, 0.05) is 6.54 Å². The van der Waals surface area contributed by atoms with E-state index in [2.05, 4.69) is 4.98 Å². The summed E-state index contributed by atoms with van der Waals surface area (Å²) >= 11 is 5.70. The molecule has 0 amide bonds. The molecule has 78 valence electrons. The zero-order chi connectivity index (χ0) is 10.7. The van der Waals surface area contributed by atoms with Crippen LogP contribution in [0.3, 0.4) is 0 Å². The number of hydrogen-bond acceptors (Lipinski definition) is 3. The van der Waals surface area contributed by atoms with Crippen molar-refractivity contribution in [1.82, 2.24) is 4.98 Å². The number of hydrogen-bond donors (Lipinski definition) is 1. The van der Waals surface area contributed by atoms with Crippen molar-refractivity contribution in [3.05, 3.63) is 22.5 Å². The second kappa shape index (κ2) is 4.52. The Morgan fingerprint density at radius 2 is 2.29 bits per heavy atom. The average Bonchev–Trinajstić information content (AvgIpc) is 2.16. The van der Waals surface area contributed by atoms with Gasteiger partial charge in [-0.25, -0.2) is 13.8 Å². The number of nitrogens with two attached hydrogens (primary N) is 1. The van der Waals surface area contributed by atoms with Gasteiger partial charge in [-0.1, -0.05) is 11.6 Å². The topological polar surface area (TPSA) is 48.1 Å². The molecule has 0 unspecified atom stereocenters. The molecular weight excluding hydrogens is 214 g/mol. The Kier molecular flexibility index (Phi) is 3.60. The van der Waals surface area contributed by atoms with E-state index >= 15 is 0 Å². The molecule has 0 aromatic carbocycles. The van der Waals surface area contributed by atoms with Gasteiger partial charge in [-0.15, -0.1) is 0 Å². The van der Waals surface area contributed by atoms with Crippen LogP contribution < -0.4 is 10.5 Å². The molecule has 6 heteroatoms. The number of pyridine rings is 1. The SMILES string of the molecule is COc1c(Cl)cc(CN)nc1C(F)F. The summed E-state index contributed by atoms with van der Waals surface area (Å²) in [4.78, 5) is 3.64. The van der Waals surface area contributed by atoms with Gasteiger partial charge in [-0.2, -0.15) is 0 Å². The van der Waals surface area contributed by atoms with Gasteiger partial charge in [0.2, 0.25) is 0 Å². The molecule has 1 aromatic rings. The third kappa shape index (κ3) is 2.10. The van der Waals surface area contributed by atoms with Gasteiger partial charge < -0.3 is 10.5 Å². The molecule has 0 aliphatic rings. The zero-order valence-electron chi connectivity index (χ0n) is 7.43. The summed E-state index contributed by atoms with van der Waals surface area (Å²) in [6.07, 6.45) is -2.73. The van der Waals surface area contributed by atoms with Crippen LogP contribution in [0.2, 0.25) is 5.02 Å². The molecule has 1 heterocycles. The standard InChI is InChI=1S/C8H9ClF2N2O/c1-14-7-5(9)2-4(3-12)13-6(7)8(10)11/h2,8H,3,12H2,1H3. The van der Waals surface area contributed by atoms with E-state index in [1.807, 2.05) is 0 Å². The van der Waals surface area contributed by atoms with Crippen molar-refractivity contribution in [3.63, 3.8) is 0 Å². The Morgan fingerprint density at radius 1 is 1.64 bits per heavy atom. The molecule has 0 saturated carbocycles. The Morgan fingerprint density at radius 3 is 2.71 bits per heavy atom. The largest absolute Gasteiger partial charge is 0.493 e. The van der Waals surface area contributed by atoms with Crippen LogP contribution in [0.4, 0.5) is 8.78 Å². The van der Waals surface area contributed by atoms with Crippen LogP contribution in [-0.2, 0) is 6.54 Å².